The smallest absolute Gasteiger partial charge is 0.273 e. The third-order valence-corrected chi connectivity index (χ3v) is 5.02. The topological polar surface area (TPSA) is 12.0 Å². The highest BCUT2D eigenvalue weighted by atomic mass is 19.3. The number of rotatable bonds is 1. The first-order valence-corrected chi connectivity index (χ1v) is 6.45. The second-order valence-electron chi connectivity index (χ2n) is 6.87. The summed E-state index contributed by atoms with van der Waals surface area (Å²) in [4.78, 5) is 0. The standard InChI is InChI=1S/C13H22BF2N/c1-11(2)7-14(8-12(11,3)4)10-5-6-17-9-13(10,15)16/h5,17H,6-9H2,1-4H3. The zero-order valence-electron chi connectivity index (χ0n) is 11.2. The fourth-order valence-corrected chi connectivity index (χ4v) is 3.20. The Morgan fingerprint density at radius 3 is 2.12 bits per heavy atom. The van der Waals surface area contributed by atoms with Crippen molar-refractivity contribution in [1.82, 2.24) is 5.32 Å². The Kier molecular flexibility index (Phi) is 2.93. The van der Waals surface area contributed by atoms with E-state index in [4.69, 9.17) is 0 Å². The van der Waals surface area contributed by atoms with Gasteiger partial charge in [-0.15, -0.1) is 0 Å². The van der Waals surface area contributed by atoms with Crippen molar-refractivity contribution in [2.45, 2.75) is 46.3 Å². The van der Waals surface area contributed by atoms with Crippen molar-refractivity contribution < 1.29 is 8.78 Å². The maximum absolute atomic E-state index is 13.9. The van der Waals surface area contributed by atoms with Crippen molar-refractivity contribution >= 4 is 6.71 Å². The molecule has 1 nitrogen and oxygen atoms in total. The molecular weight excluding hydrogens is 219 g/mol. The molecule has 0 aromatic carbocycles. The van der Waals surface area contributed by atoms with Crippen LogP contribution in [-0.4, -0.2) is 25.7 Å². The summed E-state index contributed by atoms with van der Waals surface area (Å²) in [5, 5.41) is 2.74. The van der Waals surface area contributed by atoms with Gasteiger partial charge in [-0.05, 0) is 16.3 Å². The van der Waals surface area contributed by atoms with Crippen molar-refractivity contribution in [3.8, 4) is 0 Å². The lowest BCUT2D eigenvalue weighted by Gasteiger charge is -2.35. The van der Waals surface area contributed by atoms with E-state index in [1.807, 2.05) is 0 Å². The van der Waals surface area contributed by atoms with Crippen molar-refractivity contribution in [3.63, 3.8) is 0 Å². The second kappa shape index (κ2) is 3.81. The number of hydrogen-bond donors (Lipinski definition) is 1. The van der Waals surface area contributed by atoms with Gasteiger partial charge in [-0.2, -0.15) is 0 Å². The lowest BCUT2D eigenvalue weighted by Crippen LogP contribution is -2.43. The average molecular weight is 241 g/mol. The molecule has 2 rings (SSSR count). The van der Waals surface area contributed by atoms with Crippen molar-refractivity contribution in [1.29, 1.82) is 0 Å². The highest BCUT2D eigenvalue weighted by Crippen LogP contribution is 2.55. The van der Waals surface area contributed by atoms with Crippen LogP contribution in [0.15, 0.2) is 11.5 Å². The summed E-state index contributed by atoms with van der Waals surface area (Å²) in [5.74, 6) is -2.65. The van der Waals surface area contributed by atoms with Gasteiger partial charge >= 0.3 is 0 Å². The molecule has 1 saturated heterocycles. The first-order valence-electron chi connectivity index (χ1n) is 6.45. The molecule has 0 spiro atoms. The van der Waals surface area contributed by atoms with Gasteiger partial charge in [0.1, 0.15) is 0 Å². The molecular formula is C13H22BF2N. The van der Waals surface area contributed by atoms with E-state index in [0.29, 0.717) is 12.0 Å². The minimum Gasteiger partial charge on any atom is -0.307 e. The zero-order valence-corrected chi connectivity index (χ0v) is 11.2. The zero-order chi connectivity index (χ0) is 12.9. The first kappa shape index (κ1) is 13.1. The van der Waals surface area contributed by atoms with E-state index in [0.717, 1.165) is 12.6 Å². The largest absolute Gasteiger partial charge is 0.307 e. The molecule has 2 aliphatic heterocycles. The number of alkyl halides is 2. The third kappa shape index (κ3) is 2.16. The maximum Gasteiger partial charge on any atom is 0.273 e. The quantitative estimate of drug-likeness (QED) is 0.695. The summed E-state index contributed by atoms with van der Waals surface area (Å²) in [6.07, 6.45) is 3.47. The Labute approximate surface area is 103 Å². The highest BCUT2D eigenvalue weighted by molar-refractivity contribution is 6.68. The van der Waals surface area contributed by atoms with E-state index in [1.165, 1.54) is 0 Å². The lowest BCUT2D eigenvalue weighted by molar-refractivity contribution is 0.0451. The average Bonchev–Trinajstić information content (AvgIpc) is 2.34. The molecule has 0 aromatic heterocycles. The molecule has 0 radical (unpaired) electrons. The molecule has 2 heterocycles. The van der Waals surface area contributed by atoms with Gasteiger partial charge in [0.25, 0.3) is 5.92 Å². The van der Waals surface area contributed by atoms with E-state index in [2.05, 4.69) is 33.0 Å². The van der Waals surface area contributed by atoms with E-state index < -0.39 is 5.92 Å². The van der Waals surface area contributed by atoms with Crippen LogP contribution in [0.5, 0.6) is 0 Å². The van der Waals surface area contributed by atoms with Crippen LogP contribution in [0, 0.1) is 10.8 Å². The van der Waals surface area contributed by atoms with Crippen LogP contribution >= 0.6 is 0 Å². The van der Waals surface area contributed by atoms with Crippen molar-refractivity contribution in [2.75, 3.05) is 13.1 Å². The fraction of sp³-hybridized carbons (Fsp3) is 0.846. The summed E-state index contributed by atoms with van der Waals surface area (Å²) < 4.78 is 27.8. The molecule has 1 N–H and O–H groups in total. The maximum atomic E-state index is 13.9. The second-order valence-corrected chi connectivity index (χ2v) is 6.87. The highest BCUT2D eigenvalue weighted by Gasteiger charge is 2.53. The van der Waals surface area contributed by atoms with Gasteiger partial charge in [-0.25, -0.2) is 8.78 Å². The van der Waals surface area contributed by atoms with Gasteiger partial charge in [-0.3, -0.25) is 0 Å². The number of hydrogen-bond acceptors (Lipinski definition) is 1. The molecule has 0 aromatic rings. The minimum atomic E-state index is -2.65. The van der Waals surface area contributed by atoms with Gasteiger partial charge in [0, 0.05) is 6.54 Å². The Morgan fingerprint density at radius 2 is 1.65 bits per heavy atom. The molecule has 4 heteroatoms. The van der Waals surface area contributed by atoms with Gasteiger partial charge < -0.3 is 5.32 Å². The monoisotopic (exact) mass is 241 g/mol. The van der Waals surface area contributed by atoms with E-state index >= 15 is 0 Å². The first-order chi connectivity index (χ1) is 7.66. The molecule has 96 valence electrons. The normalized spacial score (nSPS) is 30.2. The molecule has 2 aliphatic rings. The minimum absolute atomic E-state index is 0.0529. The van der Waals surface area contributed by atoms with E-state index in [9.17, 15) is 8.78 Å². The Morgan fingerprint density at radius 1 is 1.12 bits per heavy atom. The molecule has 0 atom stereocenters. The molecule has 0 amide bonds. The van der Waals surface area contributed by atoms with Crippen LogP contribution in [0.3, 0.4) is 0 Å². The van der Waals surface area contributed by atoms with Crippen LogP contribution in [0.4, 0.5) is 8.78 Å². The van der Waals surface area contributed by atoms with Crippen LogP contribution < -0.4 is 5.32 Å². The van der Waals surface area contributed by atoms with Gasteiger partial charge in [-0.1, -0.05) is 46.4 Å². The lowest BCUT2D eigenvalue weighted by atomic mass is 9.40. The summed E-state index contributed by atoms with van der Waals surface area (Å²) in [7, 11) is 0. The predicted molar refractivity (Wildman–Crippen MR) is 68.8 cm³/mol. The van der Waals surface area contributed by atoms with Crippen molar-refractivity contribution in [3.05, 3.63) is 11.5 Å². The summed E-state index contributed by atoms with van der Waals surface area (Å²) in [6, 6.07) is 0. The Hall–Kier alpha value is -0.375. The van der Waals surface area contributed by atoms with Crippen LogP contribution in [0.25, 0.3) is 0 Å². The van der Waals surface area contributed by atoms with E-state index in [1.54, 1.807) is 6.08 Å². The molecule has 0 saturated carbocycles. The van der Waals surface area contributed by atoms with Gasteiger partial charge in [0.05, 0.1) is 6.54 Å². The van der Waals surface area contributed by atoms with Gasteiger partial charge in [0.2, 0.25) is 0 Å². The molecule has 17 heavy (non-hydrogen) atoms. The molecule has 0 bridgehead atoms. The van der Waals surface area contributed by atoms with Crippen molar-refractivity contribution in [2.24, 2.45) is 10.8 Å². The van der Waals surface area contributed by atoms with Crippen LogP contribution in [-0.2, 0) is 0 Å². The third-order valence-electron chi connectivity index (χ3n) is 5.02. The SMILES string of the molecule is CC1(C)CB(C2=CCNCC2(F)F)CC1(C)C. The summed E-state index contributed by atoms with van der Waals surface area (Å²) in [6.45, 7) is 9.24. The molecule has 1 fully saturated rings. The van der Waals surface area contributed by atoms with Crippen LogP contribution in [0.1, 0.15) is 27.7 Å². The Bertz CT molecular complexity index is 331. The number of halogens is 2. The Balaban J connectivity index is 2.24. The number of nitrogens with one attached hydrogen (secondary N) is 1. The molecule has 0 unspecified atom stereocenters. The van der Waals surface area contributed by atoms with E-state index in [-0.39, 0.29) is 24.1 Å². The van der Waals surface area contributed by atoms with Gasteiger partial charge in [0.15, 0.2) is 6.71 Å². The van der Waals surface area contributed by atoms with Crippen LogP contribution in [0.2, 0.25) is 12.6 Å². The fourth-order valence-electron chi connectivity index (χ4n) is 3.20. The predicted octanol–water partition coefficient (Wildman–Crippen LogP) is 3.25. The summed E-state index contributed by atoms with van der Waals surface area (Å²) in [5.41, 5.74) is 0.661. The molecule has 0 aliphatic carbocycles. The summed E-state index contributed by atoms with van der Waals surface area (Å²) >= 11 is 0.